The first-order valence-corrected chi connectivity index (χ1v) is 21.9. The average Bonchev–Trinajstić information content (AvgIpc) is 3.31. The fourth-order valence-electron chi connectivity index (χ4n) is 9.02. The molecule has 5 N–H and O–H groups in total. The second kappa shape index (κ2) is 20.4. The number of carbonyl (C=O) groups excluding carboxylic acids is 2. The van der Waals surface area contributed by atoms with Gasteiger partial charge in [0.2, 0.25) is 5.56 Å². The van der Waals surface area contributed by atoms with Crippen LogP contribution in [0.15, 0.2) is 108 Å². The fraction of sp³-hybridized carbons (Fsp3) is 0.408. The number of fused-ring (bicyclic) bond motifs is 4. The van der Waals surface area contributed by atoms with E-state index >= 15 is 0 Å². The summed E-state index contributed by atoms with van der Waals surface area (Å²) in [6, 6.07) is 30.9. The number of hydrogen-bond acceptors (Lipinski definition) is 10. The van der Waals surface area contributed by atoms with Crippen LogP contribution in [0.3, 0.4) is 0 Å². The predicted molar refractivity (Wildman–Crippen MR) is 236 cm³/mol. The second-order valence-corrected chi connectivity index (χ2v) is 16.8. The molecule has 1 aromatic heterocycles. The van der Waals surface area contributed by atoms with Gasteiger partial charge in [-0.3, -0.25) is 14.5 Å². The molecule has 13 nitrogen and oxygen atoms in total. The van der Waals surface area contributed by atoms with Crippen LogP contribution in [0, 0.1) is 11.8 Å². The Labute approximate surface area is 362 Å². The number of piperidine rings is 3. The highest BCUT2D eigenvalue weighted by Crippen LogP contribution is 2.32. The van der Waals surface area contributed by atoms with Crippen molar-refractivity contribution in [1.82, 2.24) is 25.4 Å². The minimum atomic E-state index is -0.867. The second-order valence-electron chi connectivity index (χ2n) is 16.8. The summed E-state index contributed by atoms with van der Waals surface area (Å²) in [6.07, 6.45) is 3.25. The van der Waals surface area contributed by atoms with Crippen LogP contribution in [0.4, 0.5) is 4.79 Å². The lowest BCUT2D eigenvalue weighted by Crippen LogP contribution is -2.52. The molecule has 4 aliphatic rings. The van der Waals surface area contributed by atoms with E-state index in [1.54, 1.807) is 12.1 Å². The molecule has 5 heterocycles. The van der Waals surface area contributed by atoms with Gasteiger partial charge < -0.3 is 44.9 Å². The number of amides is 2. The highest BCUT2D eigenvalue weighted by molar-refractivity contribution is 5.94. The third-order valence-corrected chi connectivity index (χ3v) is 12.5. The van der Waals surface area contributed by atoms with E-state index in [1.165, 1.54) is 12.1 Å². The number of alkyl carbamates (subject to hydrolysis) is 1. The van der Waals surface area contributed by atoms with Crippen LogP contribution in [0.1, 0.15) is 76.9 Å². The quantitative estimate of drug-likeness (QED) is 0.0671. The molecule has 2 amide bonds. The molecule has 9 rings (SSSR count). The number of carbonyl (C=O) groups is 2. The number of H-pyrrole nitrogens is 1. The molecule has 2 bridgehead atoms. The summed E-state index contributed by atoms with van der Waals surface area (Å²) < 4.78 is 17.9. The number of nitrogens with one attached hydrogen (secondary N) is 3. The maximum atomic E-state index is 14.0. The van der Waals surface area contributed by atoms with Crippen molar-refractivity contribution in [2.45, 2.75) is 57.0 Å². The number of phenols is 1. The average molecular weight is 844 g/mol. The number of aromatic nitrogens is 1. The number of aromatic hydroxyl groups is 1. The molecule has 0 spiro atoms. The Hall–Kier alpha value is -5.73. The van der Waals surface area contributed by atoms with E-state index in [4.69, 9.17) is 14.2 Å². The van der Waals surface area contributed by atoms with Gasteiger partial charge in [0.05, 0.1) is 17.7 Å². The Kier molecular flexibility index (Phi) is 14.1. The number of rotatable bonds is 17. The molecule has 4 aromatic carbocycles. The van der Waals surface area contributed by atoms with Crippen LogP contribution in [-0.4, -0.2) is 102 Å². The van der Waals surface area contributed by atoms with Crippen LogP contribution in [-0.2, 0) is 16.1 Å². The number of nitrogens with zero attached hydrogens (tertiary/aromatic N) is 2. The molecule has 0 saturated carbocycles. The molecule has 13 heteroatoms. The van der Waals surface area contributed by atoms with Gasteiger partial charge in [0, 0.05) is 56.4 Å². The third-order valence-electron chi connectivity index (χ3n) is 12.5. The summed E-state index contributed by atoms with van der Waals surface area (Å²) in [6.45, 7) is 6.65. The van der Waals surface area contributed by atoms with E-state index in [-0.39, 0.29) is 29.9 Å². The van der Waals surface area contributed by atoms with Crippen molar-refractivity contribution in [2.75, 3.05) is 59.0 Å². The Balaban J connectivity index is 0.862. The van der Waals surface area contributed by atoms with Gasteiger partial charge >= 0.3 is 6.09 Å². The van der Waals surface area contributed by atoms with Crippen molar-refractivity contribution in [3.63, 3.8) is 0 Å². The Morgan fingerprint density at radius 2 is 1.68 bits per heavy atom. The van der Waals surface area contributed by atoms with Crippen LogP contribution in [0.25, 0.3) is 10.9 Å². The van der Waals surface area contributed by atoms with Gasteiger partial charge in [0.15, 0.2) is 0 Å². The van der Waals surface area contributed by atoms with Gasteiger partial charge in [-0.1, -0.05) is 60.7 Å². The number of hydrogen-bond donors (Lipinski definition) is 5. The minimum Gasteiger partial charge on any atom is -0.506 e. The summed E-state index contributed by atoms with van der Waals surface area (Å²) >= 11 is 0. The molecule has 0 radical (unpaired) electrons. The van der Waals surface area contributed by atoms with E-state index in [2.05, 4.69) is 20.5 Å². The van der Waals surface area contributed by atoms with Crippen LogP contribution < -0.4 is 20.9 Å². The first-order valence-electron chi connectivity index (χ1n) is 21.9. The highest BCUT2D eigenvalue weighted by atomic mass is 16.6. The zero-order valence-electron chi connectivity index (χ0n) is 35.0. The lowest BCUT2D eigenvalue weighted by atomic mass is 9.86. The first-order chi connectivity index (χ1) is 30.3. The molecular formula is C49H57N5O8. The smallest absolute Gasteiger partial charge is 0.408 e. The van der Waals surface area contributed by atoms with Crippen molar-refractivity contribution in [3.05, 3.63) is 141 Å². The van der Waals surface area contributed by atoms with Crippen molar-refractivity contribution >= 4 is 22.9 Å². The Morgan fingerprint density at radius 1 is 0.903 bits per heavy atom. The maximum absolute atomic E-state index is 14.0. The van der Waals surface area contributed by atoms with Crippen molar-refractivity contribution in [2.24, 2.45) is 11.8 Å². The van der Waals surface area contributed by atoms with Gasteiger partial charge in [-0.15, -0.1) is 0 Å². The highest BCUT2D eigenvalue weighted by Gasteiger charge is 2.37. The number of ether oxygens (including phenoxy) is 3. The van der Waals surface area contributed by atoms with E-state index in [1.807, 2.05) is 83.8 Å². The maximum Gasteiger partial charge on any atom is 0.408 e. The largest absolute Gasteiger partial charge is 0.506 e. The number of benzene rings is 4. The van der Waals surface area contributed by atoms with Crippen LogP contribution in [0.5, 0.6) is 11.5 Å². The number of aromatic amines is 1. The molecule has 326 valence electrons. The Morgan fingerprint density at radius 3 is 2.44 bits per heavy atom. The van der Waals surface area contributed by atoms with Crippen molar-refractivity contribution in [3.8, 4) is 11.5 Å². The summed E-state index contributed by atoms with van der Waals surface area (Å²) in [5, 5.41) is 28.2. The monoisotopic (exact) mass is 843 g/mol. The van der Waals surface area contributed by atoms with Crippen molar-refractivity contribution in [1.29, 1.82) is 0 Å². The third kappa shape index (κ3) is 10.8. The normalized spacial score (nSPS) is 19.7. The fourth-order valence-corrected chi connectivity index (χ4v) is 9.02. The van der Waals surface area contributed by atoms with E-state index in [0.717, 1.165) is 62.0 Å². The van der Waals surface area contributed by atoms with Gasteiger partial charge in [0.25, 0.3) is 5.91 Å². The number of pyridine rings is 1. The summed E-state index contributed by atoms with van der Waals surface area (Å²) in [5.41, 5.74) is 3.90. The molecule has 4 aliphatic heterocycles. The van der Waals surface area contributed by atoms with Gasteiger partial charge in [0.1, 0.15) is 24.2 Å². The molecule has 3 atom stereocenters. The summed E-state index contributed by atoms with van der Waals surface area (Å²) in [7, 11) is 0. The van der Waals surface area contributed by atoms with E-state index < -0.39 is 18.2 Å². The molecule has 4 saturated heterocycles. The number of aliphatic hydroxyl groups is 1. The topological polar surface area (TPSA) is 166 Å². The van der Waals surface area contributed by atoms with Gasteiger partial charge in [-0.05, 0) is 122 Å². The molecular weight excluding hydrogens is 787 g/mol. The van der Waals surface area contributed by atoms with E-state index in [0.29, 0.717) is 85.5 Å². The summed E-state index contributed by atoms with van der Waals surface area (Å²) in [5.74, 6) is 1.34. The number of aliphatic hydroxyl groups excluding tert-OH is 1. The Bertz CT molecular complexity index is 2330. The standard InChI is InChI=1S/C49H57N5O8/c55-42-16-14-40(41-15-17-45(57)51-47(41)42)43(56)29-50-22-5-23-54(30-33-20-26-60-27-21-33)48(58)37-12-10-34(11-13-37)32-61-39-9-4-8-38(28-39)46(36-6-2-1-3-7-36)52-49(59)62-44-31-53-24-18-35(44)19-25-53/h1-4,6-17,28,33,35,43-44,46,50,55-56H,5,18-27,29-32H2,(H,51,57)(H,52,59)/t43?,44?,46-/m0/s1. The molecule has 4 fully saturated rings. The summed E-state index contributed by atoms with van der Waals surface area (Å²) in [4.78, 5) is 46.1. The SMILES string of the molecule is O=C(N[C@@H](c1ccccc1)c1cccc(OCc2ccc(C(=O)N(CCCNCC(O)c3ccc(O)c4[nH]c(=O)ccc34)CC3CCOCC3)cc2)c1)OC1CN2CCC1CC2. The van der Waals surface area contributed by atoms with Gasteiger partial charge in [-0.2, -0.15) is 0 Å². The number of phenolic OH excluding ortho intramolecular Hbond substituents is 1. The van der Waals surface area contributed by atoms with Crippen LogP contribution in [0.2, 0.25) is 0 Å². The van der Waals surface area contributed by atoms with E-state index in [9.17, 15) is 24.6 Å². The predicted octanol–water partition coefficient (Wildman–Crippen LogP) is 6.30. The van der Waals surface area contributed by atoms with Crippen molar-refractivity contribution < 1.29 is 34.0 Å². The molecule has 5 aromatic rings. The minimum absolute atomic E-state index is 0.0345. The molecule has 0 aliphatic carbocycles. The lowest BCUT2D eigenvalue weighted by Gasteiger charge is -2.43. The first kappa shape index (κ1) is 42.9. The molecule has 2 unspecified atom stereocenters. The zero-order chi connectivity index (χ0) is 42.8. The zero-order valence-corrected chi connectivity index (χ0v) is 35.0. The lowest BCUT2D eigenvalue weighted by molar-refractivity contribution is -0.0336. The van der Waals surface area contributed by atoms with Gasteiger partial charge in [-0.25, -0.2) is 4.79 Å². The van der Waals surface area contributed by atoms with Crippen LogP contribution >= 0.6 is 0 Å². The molecule has 62 heavy (non-hydrogen) atoms.